The number of hydrogen-bond donors (Lipinski definition) is 1. The van der Waals surface area contributed by atoms with Crippen LogP contribution < -0.4 is 10.1 Å². The van der Waals surface area contributed by atoms with Crippen molar-refractivity contribution < 1.29 is 14.3 Å². The number of nitrogens with zero attached hydrogens (tertiary/aromatic N) is 1. The standard InChI is InChI=1S/C23H27Cl3N2O3/c1-5-20(22(30)27-23(2,3)4)28(13-15-6-11-18(25)19(26)12-15)21(29)14-31-17-9-7-16(24)8-10-17/h6-12,20H,5,13-14H2,1-4H3,(H,27,30). The lowest BCUT2D eigenvalue weighted by atomic mass is 10.1. The Balaban J connectivity index is 2.25. The first kappa shape index (κ1) is 25.3. The number of ether oxygens (including phenoxy) is 1. The molecule has 168 valence electrons. The van der Waals surface area contributed by atoms with Crippen molar-refractivity contribution in [1.82, 2.24) is 10.2 Å². The van der Waals surface area contributed by atoms with Crippen molar-refractivity contribution in [2.45, 2.75) is 52.2 Å². The topological polar surface area (TPSA) is 58.6 Å². The Morgan fingerprint density at radius 3 is 2.23 bits per heavy atom. The molecule has 0 saturated carbocycles. The van der Waals surface area contributed by atoms with E-state index in [9.17, 15) is 9.59 Å². The van der Waals surface area contributed by atoms with E-state index in [0.29, 0.717) is 27.2 Å². The van der Waals surface area contributed by atoms with E-state index in [0.717, 1.165) is 5.56 Å². The summed E-state index contributed by atoms with van der Waals surface area (Å²) in [6.07, 6.45) is 0.440. The lowest BCUT2D eigenvalue weighted by molar-refractivity contribution is -0.143. The fourth-order valence-corrected chi connectivity index (χ4v) is 3.41. The molecule has 0 radical (unpaired) electrons. The van der Waals surface area contributed by atoms with Gasteiger partial charge >= 0.3 is 0 Å². The second-order valence-corrected chi connectivity index (χ2v) is 9.43. The van der Waals surface area contributed by atoms with Gasteiger partial charge in [0.05, 0.1) is 10.0 Å². The van der Waals surface area contributed by atoms with Gasteiger partial charge < -0.3 is 15.0 Å². The highest BCUT2D eigenvalue weighted by Gasteiger charge is 2.31. The fraction of sp³-hybridized carbons (Fsp3) is 0.391. The smallest absolute Gasteiger partial charge is 0.261 e. The van der Waals surface area contributed by atoms with Crippen LogP contribution in [0, 0.1) is 0 Å². The van der Waals surface area contributed by atoms with Gasteiger partial charge in [0.25, 0.3) is 5.91 Å². The van der Waals surface area contributed by atoms with Crippen molar-refractivity contribution >= 4 is 46.6 Å². The summed E-state index contributed by atoms with van der Waals surface area (Å²) in [4.78, 5) is 27.6. The Bertz CT molecular complexity index is 911. The second-order valence-electron chi connectivity index (χ2n) is 8.18. The zero-order valence-electron chi connectivity index (χ0n) is 18.0. The van der Waals surface area contributed by atoms with Crippen LogP contribution in [0.15, 0.2) is 42.5 Å². The quantitative estimate of drug-likeness (QED) is 0.518. The summed E-state index contributed by atoms with van der Waals surface area (Å²) in [7, 11) is 0. The van der Waals surface area contributed by atoms with E-state index in [-0.39, 0.29) is 25.0 Å². The van der Waals surface area contributed by atoms with Crippen LogP contribution in [-0.2, 0) is 16.1 Å². The zero-order chi connectivity index (χ0) is 23.2. The molecule has 8 heteroatoms. The first-order chi connectivity index (χ1) is 14.5. The van der Waals surface area contributed by atoms with E-state index in [4.69, 9.17) is 39.5 Å². The van der Waals surface area contributed by atoms with E-state index >= 15 is 0 Å². The molecule has 1 unspecified atom stereocenters. The van der Waals surface area contributed by atoms with Crippen LogP contribution >= 0.6 is 34.8 Å². The van der Waals surface area contributed by atoms with E-state index in [1.54, 1.807) is 42.5 Å². The van der Waals surface area contributed by atoms with Gasteiger partial charge in [0.1, 0.15) is 11.8 Å². The number of carbonyl (C=O) groups is 2. The third-order valence-electron chi connectivity index (χ3n) is 4.40. The van der Waals surface area contributed by atoms with Gasteiger partial charge in [-0.1, -0.05) is 47.8 Å². The molecule has 0 aliphatic heterocycles. The molecule has 1 atom stereocenters. The highest BCUT2D eigenvalue weighted by Crippen LogP contribution is 2.24. The molecule has 2 aromatic rings. The molecular weight excluding hydrogens is 459 g/mol. The normalized spacial score (nSPS) is 12.2. The molecule has 5 nitrogen and oxygen atoms in total. The van der Waals surface area contributed by atoms with Gasteiger partial charge in [-0.25, -0.2) is 0 Å². The van der Waals surface area contributed by atoms with Crippen LogP contribution in [0.1, 0.15) is 39.7 Å². The highest BCUT2D eigenvalue weighted by molar-refractivity contribution is 6.42. The number of amides is 2. The number of rotatable bonds is 8. The summed E-state index contributed by atoms with van der Waals surface area (Å²) in [5.41, 5.74) is 0.332. The van der Waals surface area contributed by atoms with Crippen LogP contribution in [-0.4, -0.2) is 34.9 Å². The van der Waals surface area contributed by atoms with Gasteiger partial charge in [0.15, 0.2) is 6.61 Å². The predicted molar refractivity (Wildman–Crippen MR) is 126 cm³/mol. The Hall–Kier alpha value is -1.95. The van der Waals surface area contributed by atoms with Crippen LogP contribution in [0.25, 0.3) is 0 Å². The Morgan fingerprint density at radius 1 is 1.03 bits per heavy atom. The van der Waals surface area contributed by atoms with Crippen molar-refractivity contribution in [2.75, 3.05) is 6.61 Å². The van der Waals surface area contributed by atoms with Gasteiger partial charge in [-0.2, -0.15) is 0 Å². The number of halogens is 3. The van der Waals surface area contributed by atoms with Gasteiger partial charge in [0.2, 0.25) is 5.91 Å². The molecular formula is C23H27Cl3N2O3. The Morgan fingerprint density at radius 2 is 1.68 bits per heavy atom. The average Bonchev–Trinajstić information content (AvgIpc) is 2.68. The number of carbonyl (C=O) groups excluding carboxylic acids is 2. The molecule has 0 aliphatic rings. The maximum absolute atomic E-state index is 13.1. The van der Waals surface area contributed by atoms with Gasteiger partial charge in [-0.15, -0.1) is 0 Å². The second kappa shape index (κ2) is 11.1. The molecule has 0 bridgehead atoms. The SMILES string of the molecule is CCC(C(=O)NC(C)(C)C)N(Cc1ccc(Cl)c(Cl)c1)C(=O)COc1ccc(Cl)cc1. The molecule has 31 heavy (non-hydrogen) atoms. The molecule has 2 amide bonds. The summed E-state index contributed by atoms with van der Waals surface area (Å²) in [5, 5.41) is 4.34. The summed E-state index contributed by atoms with van der Waals surface area (Å²) < 4.78 is 5.63. The molecule has 2 aromatic carbocycles. The summed E-state index contributed by atoms with van der Waals surface area (Å²) in [5.74, 6) is -0.0359. The van der Waals surface area contributed by atoms with Crippen molar-refractivity contribution in [1.29, 1.82) is 0 Å². The summed E-state index contributed by atoms with van der Waals surface area (Å²) >= 11 is 18.1. The highest BCUT2D eigenvalue weighted by atomic mass is 35.5. The molecule has 0 saturated heterocycles. The first-order valence-corrected chi connectivity index (χ1v) is 11.1. The fourth-order valence-electron chi connectivity index (χ4n) is 2.97. The minimum absolute atomic E-state index is 0.190. The minimum atomic E-state index is -0.671. The number of hydrogen-bond acceptors (Lipinski definition) is 3. The maximum Gasteiger partial charge on any atom is 0.261 e. The minimum Gasteiger partial charge on any atom is -0.484 e. The van der Waals surface area contributed by atoms with Crippen LogP contribution in [0.4, 0.5) is 0 Å². The van der Waals surface area contributed by atoms with Gasteiger partial charge in [-0.05, 0) is 69.2 Å². The molecule has 0 aromatic heterocycles. The molecule has 1 N–H and O–H groups in total. The third kappa shape index (κ3) is 7.91. The number of nitrogens with one attached hydrogen (secondary N) is 1. The third-order valence-corrected chi connectivity index (χ3v) is 5.39. The maximum atomic E-state index is 13.1. The zero-order valence-corrected chi connectivity index (χ0v) is 20.3. The van der Waals surface area contributed by atoms with E-state index in [1.165, 1.54) is 4.90 Å². The molecule has 0 fully saturated rings. The Kier molecular flexibility index (Phi) is 9.04. The molecule has 0 aliphatic carbocycles. The van der Waals surface area contributed by atoms with Crippen LogP contribution in [0.3, 0.4) is 0 Å². The molecule has 2 rings (SSSR count). The largest absolute Gasteiger partial charge is 0.484 e. The van der Waals surface area contributed by atoms with Gasteiger partial charge in [0, 0.05) is 17.1 Å². The van der Waals surface area contributed by atoms with Crippen molar-refractivity contribution in [2.24, 2.45) is 0 Å². The first-order valence-electron chi connectivity index (χ1n) is 9.94. The number of benzene rings is 2. The molecule has 0 heterocycles. The predicted octanol–water partition coefficient (Wildman–Crippen LogP) is 5.75. The molecule has 0 spiro atoms. The van der Waals surface area contributed by atoms with E-state index < -0.39 is 11.6 Å². The summed E-state index contributed by atoms with van der Waals surface area (Å²) in [6, 6.07) is 11.2. The van der Waals surface area contributed by atoms with Crippen molar-refractivity contribution in [3.63, 3.8) is 0 Å². The Labute approximate surface area is 198 Å². The summed E-state index contributed by atoms with van der Waals surface area (Å²) in [6.45, 7) is 7.52. The van der Waals surface area contributed by atoms with E-state index in [1.807, 2.05) is 27.7 Å². The van der Waals surface area contributed by atoms with Crippen molar-refractivity contribution in [3.8, 4) is 5.75 Å². The average molecular weight is 486 g/mol. The van der Waals surface area contributed by atoms with Gasteiger partial charge in [-0.3, -0.25) is 9.59 Å². The van der Waals surface area contributed by atoms with E-state index in [2.05, 4.69) is 5.32 Å². The lowest BCUT2D eigenvalue weighted by Gasteiger charge is -2.33. The monoisotopic (exact) mass is 484 g/mol. The van der Waals surface area contributed by atoms with Crippen molar-refractivity contribution in [3.05, 3.63) is 63.1 Å². The van der Waals surface area contributed by atoms with Crippen LogP contribution in [0.5, 0.6) is 5.75 Å². The lowest BCUT2D eigenvalue weighted by Crippen LogP contribution is -2.54. The van der Waals surface area contributed by atoms with Crippen LogP contribution in [0.2, 0.25) is 15.1 Å².